The van der Waals surface area contributed by atoms with Crippen molar-refractivity contribution in [3.05, 3.63) is 11.3 Å². The van der Waals surface area contributed by atoms with Gasteiger partial charge in [-0.25, -0.2) is 4.98 Å². The molecule has 1 aromatic rings. The molecule has 0 spiro atoms. The zero-order valence-electron chi connectivity index (χ0n) is 7.37. The highest BCUT2D eigenvalue weighted by molar-refractivity contribution is 7.98. The van der Waals surface area contributed by atoms with E-state index < -0.39 is 0 Å². The largest absolute Gasteiger partial charge is 0.493 e. The Morgan fingerprint density at radius 3 is 3.08 bits per heavy atom. The van der Waals surface area contributed by atoms with Crippen LogP contribution in [0.5, 0.6) is 5.88 Å². The number of aromatic hydroxyl groups is 1. The minimum atomic E-state index is 0.149. The van der Waals surface area contributed by atoms with Crippen molar-refractivity contribution in [2.75, 3.05) is 12.8 Å². The SMILES string of the molecule is CSc1nc(O)c2c(n1)CNCC2. The number of rotatable bonds is 1. The lowest BCUT2D eigenvalue weighted by atomic mass is 10.1. The van der Waals surface area contributed by atoms with Crippen LogP contribution < -0.4 is 5.32 Å². The minimum Gasteiger partial charge on any atom is -0.493 e. The standard InChI is InChI=1S/C8H11N3OS/c1-13-8-10-6-4-9-3-2-5(6)7(12)11-8/h9H,2-4H2,1H3,(H,10,11,12). The van der Waals surface area contributed by atoms with E-state index in [9.17, 15) is 5.11 Å². The second-order valence-electron chi connectivity index (χ2n) is 2.89. The fraction of sp³-hybridized carbons (Fsp3) is 0.500. The molecule has 2 heterocycles. The summed E-state index contributed by atoms with van der Waals surface area (Å²) < 4.78 is 0. The first-order valence-corrected chi connectivity index (χ1v) is 5.37. The second kappa shape index (κ2) is 3.51. The van der Waals surface area contributed by atoms with Crippen LogP contribution in [0.2, 0.25) is 0 Å². The lowest BCUT2D eigenvalue weighted by Gasteiger charge is -2.16. The molecule has 0 fully saturated rings. The highest BCUT2D eigenvalue weighted by atomic mass is 32.2. The highest BCUT2D eigenvalue weighted by Crippen LogP contribution is 2.23. The van der Waals surface area contributed by atoms with E-state index >= 15 is 0 Å². The van der Waals surface area contributed by atoms with E-state index in [4.69, 9.17) is 0 Å². The molecule has 0 saturated carbocycles. The number of nitrogens with zero attached hydrogens (tertiary/aromatic N) is 2. The molecule has 0 atom stereocenters. The Bertz CT molecular complexity index is 329. The van der Waals surface area contributed by atoms with E-state index in [0.717, 1.165) is 30.8 Å². The Hall–Kier alpha value is -0.810. The van der Waals surface area contributed by atoms with Gasteiger partial charge in [-0.2, -0.15) is 4.98 Å². The van der Waals surface area contributed by atoms with Crippen molar-refractivity contribution in [3.8, 4) is 5.88 Å². The summed E-state index contributed by atoms with van der Waals surface area (Å²) in [4.78, 5) is 8.31. The number of aromatic nitrogens is 2. The molecule has 0 saturated heterocycles. The number of nitrogens with one attached hydrogen (secondary N) is 1. The first kappa shape index (κ1) is 8.77. The number of hydrogen-bond donors (Lipinski definition) is 2. The average Bonchev–Trinajstić information content (AvgIpc) is 2.18. The Kier molecular flexibility index (Phi) is 2.37. The van der Waals surface area contributed by atoms with Gasteiger partial charge in [-0.3, -0.25) is 0 Å². The van der Waals surface area contributed by atoms with Crippen molar-refractivity contribution in [3.63, 3.8) is 0 Å². The maximum atomic E-state index is 9.58. The molecule has 0 radical (unpaired) electrons. The van der Waals surface area contributed by atoms with Gasteiger partial charge in [0.15, 0.2) is 5.16 Å². The van der Waals surface area contributed by atoms with Crippen LogP contribution in [0.4, 0.5) is 0 Å². The molecule has 1 aliphatic rings. The van der Waals surface area contributed by atoms with E-state index in [1.54, 1.807) is 0 Å². The van der Waals surface area contributed by atoms with E-state index in [2.05, 4.69) is 15.3 Å². The molecule has 5 heteroatoms. The molecular formula is C8H11N3OS. The monoisotopic (exact) mass is 197 g/mol. The van der Waals surface area contributed by atoms with Gasteiger partial charge in [0.25, 0.3) is 0 Å². The van der Waals surface area contributed by atoms with Crippen LogP contribution in [-0.2, 0) is 13.0 Å². The van der Waals surface area contributed by atoms with E-state index in [1.165, 1.54) is 11.8 Å². The maximum Gasteiger partial charge on any atom is 0.218 e. The molecule has 0 aromatic carbocycles. The number of thioether (sulfide) groups is 1. The molecule has 2 N–H and O–H groups in total. The molecule has 1 aromatic heterocycles. The highest BCUT2D eigenvalue weighted by Gasteiger charge is 2.16. The molecule has 0 amide bonds. The van der Waals surface area contributed by atoms with Crippen molar-refractivity contribution in [1.82, 2.24) is 15.3 Å². The third kappa shape index (κ3) is 1.62. The number of hydrogen-bond acceptors (Lipinski definition) is 5. The molecule has 2 rings (SSSR count). The quantitative estimate of drug-likeness (QED) is 0.508. The van der Waals surface area contributed by atoms with Crippen molar-refractivity contribution in [2.45, 2.75) is 18.1 Å². The molecule has 1 aliphatic heterocycles. The van der Waals surface area contributed by atoms with Gasteiger partial charge in [-0.05, 0) is 19.2 Å². The molecule has 0 bridgehead atoms. The van der Waals surface area contributed by atoms with E-state index in [0.29, 0.717) is 5.16 Å². The fourth-order valence-electron chi connectivity index (χ4n) is 1.41. The van der Waals surface area contributed by atoms with Crippen LogP contribution in [0.3, 0.4) is 0 Å². The third-order valence-electron chi connectivity index (χ3n) is 2.08. The summed E-state index contributed by atoms with van der Waals surface area (Å²) in [7, 11) is 0. The summed E-state index contributed by atoms with van der Waals surface area (Å²) in [5.41, 5.74) is 1.83. The lowest BCUT2D eigenvalue weighted by Crippen LogP contribution is -2.25. The summed E-state index contributed by atoms with van der Waals surface area (Å²) in [6.45, 7) is 1.63. The smallest absolute Gasteiger partial charge is 0.218 e. The fourth-order valence-corrected chi connectivity index (χ4v) is 1.79. The van der Waals surface area contributed by atoms with Crippen LogP contribution in [0.1, 0.15) is 11.3 Å². The van der Waals surface area contributed by atoms with Gasteiger partial charge in [0, 0.05) is 12.1 Å². The van der Waals surface area contributed by atoms with Crippen LogP contribution >= 0.6 is 11.8 Å². The summed E-state index contributed by atoms with van der Waals surface area (Å²) in [6.07, 6.45) is 2.72. The van der Waals surface area contributed by atoms with E-state index in [-0.39, 0.29) is 5.88 Å². The predicted molar refractivity (Wildman–Crippen MR) is 50.9 cm³/mol. The molecular weight excluding hydrogens is 186 g/mol. The molecule has 13 heavy (non-hydrogen) atoms. The lowest BCUT2D eigenvalue weighted by molar-refractivity contribution is 0.427. The van der Waals surface area contributed by atoms with Crippen LogP contribution in [0, 0.1) is 0 Å². The zero-order valence-corrected chi connectivity index (χ0v) is 8.19. The van der Waals surface area contributed by atoms with Gasteiger partial charge >= 0.3 is 0 Å². The van der Waals surface area contributed by atoms with Crippen molar-refractivity contribution >= 4 is 11.8 Å². The third-order valence-corrected chi connectivity index (χ3v) is 2.62. The normalized spacial score (nSPS) is 15.5. The van der Waals surface area contributed by atoms with Gasteiger partial charge < -0.3 is 10.4 Å². The predicted octanol–water partition coefficient (Wildman–Crippen LogP) is 0.550. The van der Waals surface area contributed by atoms with Gasteiger partial charge in [0.1, 0.15) is 0 Å². The van der Waals surface area contributed by atoms with Crippen LogP contribution in [-0.4, -0.2) is 27.9 Å². The molecule has 4 nitrogen and oxygen atoms in total. The minimum absolute atomic E-state index is 0.149. The van der Waals surface area contributed by atoms with E-state index in [1.807, 2.05) is 6.26 Å². The second-order valence-corrected chi connectivity index (χ2v) is 3.66. The topological polar surface area (TPSA) is 58.0 Å². The first-order chi connectivity index (χ1) is 6.31. The maximum absolute atomic E-state index is 9.58. The first-order valence-electron chi connectivity index (χ1n) is 4.14. The summed E-state index contributed by atoms with van der Waals surface area (Å²) in [5.74, 6) is 0.149. The van der Waals surface area contributed by atoms with Gasteiger partial charge in [0.05, 0.1) is 5.69 Å². The Morgan fingerprint density at radius 1 is 1.46 bits per heavy atom. The molecule has 0 aliphatic carbocycles. The Labute approximate surface area is 80.8 Å². The van der Waals surface area contributed by atoms with Gasteiger partial charge in [-0.1, -0.05) is 11.8 Å². The summed E-state index contributed by atoms with van der Waals surface area (Å²) in [5, 5.41) is 13.4. The Balaban J connectivity index is 2.47. The zero-order chi connectivity index (χ0) is 9.26. The molecule has 70 valence electrons. The summed E-state index contributed by atoms with van der Waals surface area (Å²) >= 11 is 1.45. The van der Waals surface area contributed by atoms with Gasteiger partial charge in [0.2, 0.25) is 5.88 Å². The van der Waals surface area contributed by atoms with Crippen LogP contribution in [0.15, 0.2) is 5.16 Å². The average molecular weight is 197 g/mol. The van der Waals surface area contributed by atoms with Crippen molar-refractivity contribution in [1.29, 1.82) is 0 Å². The molecule has 0 unspecified atom stereocenters. The van der Waals surface area contributed by atoms with Crippen LogP contribution in [0.25, 0.3) is 0 Å². The summed E-state index contributed by atoms with van der Waals surface area (Å²) in [6, 6.07) is 0. The Morgan fingerprint density at radius 2 is 2.31 bits per heavy atom. The number of fused-ring (bicyclic) bond motifs is 1. The van der Waals surface area contributed by atoms with Crippen molar-refractivity contribution in [2.24, 2.45) is 0 Å². The van der Waals surface area contributed by atoms with Crippen molar-refractivity contribution < 1.29 is 5.11 Å². The van der Waals surface area contributed by atoms with Gasteiger partial charge in [-0.15, -0.1) is 0 Å².